The summed E-state index contributed by atoms with van der Waals surface area (Å²) in [6.07, 6.45) is 3.76. The van der Waals surface area contributed by atoms with E-state index in [0.29, 0.717) is 17.2 Å². The molecule has 1 amide bonds. The molecule has 0 radical (unpaired) electrons. The molecule has 3 aliphatic carbocycles. The third kappa shape index (κ3) is 2.42. The Hall–Kier alpha value is -2.24. The molecule has 3 fully saturated rings. The van der Waals surface area contributed by atoms with Gasteiger partial charge in [0.1, 0.15) is 0 Å². The summed E-state index contributed by atoms with van der Waals surface area (Å²) < 4.78 is 10.6. The molecule has 2 N–H and O–H groups in total. The third-order valence-electron chi connectivity index (χ3n) is 5.45. The van der Waals surface area contributed by atoms with Gasteiger partial charge < -0.3 is 19.9 Å². The number of aliphatic carboxylic acids is 1. The van der Waals surface area contributed by atoms with E-state index in [0.717, 1.165) is 25.7 Å². The number of anilines is 1. The molecule has 1 aromatic rings. The lowest BCUT2D eigenvalue weighted by Gasteiger charge is -2.45. The van der Waals surface area contributed by atoms with Crippen LogP contribution in [0.15, 0.2) is 18.2 Å². The average Bonchev–Trinajstić information content (AvgIpc) is 3.02. The van der Waals surface area contributed by atoms with Crippen LogP contribution in [-0.4, -0.2) is 23.8 Å². The molecule has 2 atom stereocenters. The maximum absolute atomic E-state index is 12.7. The van der Waals surface area contributed by atoms with Crippen LogP contribution in [0.3, 0.4) is 0 Å². The first-order valence-corrected chi connectivity index (χ1v) is 8.07. The number of hydrogen-bond acceptors (Lipinski definition) is 4. The second-order valence-electron chi connectivity index (χ2n) is 6.62. The molecule has 0 saturated heterocycles. The van der Waals surface area contributed by atoms with E-state index in [2.05, 4.69) is 5.32 Å². The molecule has 122 valence electrons. The van der Waals surface area contributed by atoms with Gasteiger partial charge in [-0.25, -0.2) is 0 Å². The molecule has 0 spiro atoms. The molecular formula is C17H19NO5. The minimum absolute atomic E-state index is 0.130. The van der Waals surface area contributed by atoms with Gasteiger partial charge in [0.05, 0.1) is 11.8 Å². The second kappa shape index (κ2) is 5.44. The summed E-state index contributed by atoms with van der Waals surface area (Å²) in [6.45, 7) is 0.181. The Kier molecular flexibility index (Phi) is 3.39. The molecule has 2 bridgehead atoms. The smallest absolute Gasteiger partial charge is 0.307 e. The lowest BCUT2D eigenvalue weighted by atomic mass is 9.58. The van der Waals surface area contributed by atoms with Gasteiger partial charge in [0.2, 0.25) is 12.7 Å². The number of benzene rings is 1. The Morgan fingerprint density at radius 3 is 2.35 bits per heavy atom. The molecule has 4 aliphatic rings. The fraction of sp³-hybridized carbons (Fsp3) is 0.529. The van der Waals surface area contributed by atoms with Crippen molar-refractivity contribution in [2.75, 3.05) is 12.1 Å². The Labute approximate surface area is 133 Å². The Bertz CT molecular complexity index is 650. The molecule has 3 saturated carbocycles. The van der Waals surface area contributed by atoms with Crippen LogP contribution in [0.2, 0.25) is 0 Å². The van der Waals surface area contributed by atoms with Crippen LogP contribution in [-0.2, 0) is 9.59 Å². The summed E-state index contributed by atoms with van der Waals surface area (Å²) in [5, 5.41) is 12.4. The van der Waals surface area contributed by atoms with Gasteiger partial charge in [-0.05, 0) is 49.7 Å². The summed E-state index contributed by atoms with van der Waals surface area (Å²) in [6, 6.07) is 5.22. The van der Waals surface area contributed by atoms with Crippen molar-refractivity contribution in [2.24, 2.45) is 23.7 Å². The second-order valence-corrected chi connectivity index (χ2v) is 6.62. The summed E-state index contributed by atoms with van der Waals surface area (Å²) in [5.41, 5.74) is 0.616. The fourth-order valence-electron chi connectivity index (χ4n) is 4.38. The van der Waals surface area contributed by atoms with Crippen molar-refractivity contribution in [3.63, 3.8) is 0 Å². The molecule has 0 unspecified atom stereocenters. The van der Waals surface area contributed by atoms with E-state index in [1.54, 1.807) is 18.2 Å². The van der Waals surface area contributed by atoms with E-state index in [-0.39, 0.29) is 24.5 Å². The highest BCUT2D eigenvalue weighted by atomic mass is 16.7. The zero-order valence-corrected chi connectivity index (χ0v) is 12.7. The van der Waals surface area contributed by atoms with Crippen molar-refractivity contribution >= 4 is 17.6 Å². The van der Waals surface area contributed by atoms with Crippen LogP contribution in [0.5, 0.6) is 11.5 Å². The highest BCUT2D eigenvalue weighted by Gasteiger charge is 2.50. The lowest BCUT2D eigenvalue weighted by Crippen LogP contribution is -2.49. The van der Waals surface area contributed by atoms with Crippen LogP contribution < -0.4 is 14.8 Å². The Morgan fingerprint density at radius 1 is 1.00 bits per heavy atom. The molecule has 6 heteroatoms. The normalized spacial score (nSPS) is 31.0. The van der Waals surface area contributed by atoms with Crippen molar-refractivity contribution in [1.29, 1.82) is 0 Å². The van der Waals surface area contributed by atoms with Crippen LogP contribution in [0.1, 0.15) is 25.7 Å². The SMILES string of the molecule is O=C(O)[C@H]1C2CCC(CC2)[C@@H]1C(=O)Nc1ccc2c(c1)OCO2. The number of amides is 1. The maximum atomic E-state index is 12.7. The number of nitrogens with one attached hydrogen (secondary N) is 1. The maximum Gasteiger partial charge on any atom is 0.307 e. The molecule has 5 rings (SSSR count). The van der Waals surface area contributed by atoms with Crippen LogP contribution in [0.25, 0.3) is 0 Å². The molecule has 0 aromatic heterocycles. The van der Waals surface area contributed by atoms with Gasteiger partial charge in [-0.15, -0.1) is 0 Å². The number of hydrogen-bond donors (Lipinski definition) is 2. The van der Waals surface area contributed by atoms with Crippen molar-refractivity contribution in [3.05, 3.63) is 18.2 Å². The average molecular weight is 317 g/mol. The first-order valence-electron chi connectivity index (χ1n) is 8.07. The van der Waals surface area contributed by atoms with E-state index in [1.807, 2.05) is 0 Å². The Morgan fingerprint density at radius 2 is 1.65 bits per heavy atom. The zero-order chi connectivity index (χ0) is 16.0. The molecular weight excluding hydrogens is 298 g/mol. The predicted molar refractivity (Wildman–Crippen MR) is 81.3 cm³/mol. The lowest BCUT2D eigenvalue weighted by molar-refractivity contribution is -0.156. The van der Waals surface area contributed by atoms with Crippen LogP contribution >= 0.6 is 0 Å². The number of carbonyl (C=O) groups excluding carboxylic acids is 1. The highest BCUT2D eigenvalue weighted by molar-refractivity contribution is 5.96. The third-order valence-corrected chi connectivity index (χ3v) is 5.45. The highest BCUT2D eigenvalue weighted by Crippen LogP contribution is 2.49. The first kappa shape index (κ1) is 14.4. The van der Waals surface area contributed by atoms with Gasteiger partial charge >= 0.3 is 5.97 Å². The van der Waals surface area contributed by atoms with Gasteiger partial charge in [-0.1, -0.05) is 0 Å². The van der Waals surface area contributed by atoms with Crippen molar-refractivity contribution in [3.8, 4) is 11.5 Å². The minimum Gasteiger partial charge on any atom is -0.481 e. The number of fused-ring (bicyclic) bond motifs is 4. The topological polar surface area (TPSA) is 84.9 Å². The van der Waals surface area contributed by atoms with E-state index >= 15 is 0 Å². The predicted octanol–water partition coefficient (Wildman–Crippen LogP) is 2.49. The minimum atomic E-state index is -0.842. The van der Waals surface area contributed by atoms with Gasteiger partial charge in [-0.2, -0.15) is 0 Å². The number of carboxylic acids is 1. The number of rotatable bonds is 3. The molecule has 1 aliphatic heterocycles. The Balaban J connectivity index is 1.54. The summed E-state index contributed by atoms with van der Waals surface area (Å²) in [5.74, 6) is -0.469. The number of carbonyl (C=O) groups is 2. The largest absolute Gasteiger partial charge is 0.481 e. The fourth-order valence-corrected chi connectivity index (χ4v) is 4.38. The molecule has 6 nitrogen and oxygen atoms in total. The van der Waals surface area contributed by atoms with E-state index in [1.165, 1.54) is 0 Å². The van der Waals surface area contributed by atoms with Crippen molar-refractivity contribution < 1.29 is 24.2 Å². The van der Waals surface area contributed by atoms with E-state index in [9.17, 15) is 14.7 Å². The summed E-state index contributed by atoms with van der Waals surface area (Å²) in [4.78, 5) is 24.4. The van der Waals surface area contributed by atoms with Crippen LogP contribution in [0.4, 0.5) is 5.69 Å². The summed E-state index contributed by atoms with van der Waals surface area (Å²) in [7, 11) is 0. The van der Waals surface area contributed by atoms with Crippen LogP contribution in [0, 0.1) is 23.7 Å². The van der Waals surface area contributed by atoms with Gasteiger partial charge in [0.15, 0.2) is 11.5 Å². The number of ether oxygens (including phenoxy) is 2. The zero-order valence-electron chi connectivity index (χ0n) is 12.7. The van der Waals surface area contributed by atoms with E-state index in [4.69, 9.17) is 9.47 Å². The van der Waals surface area contributed by atoms with Gasteiger partial charge in [0.25, 0.3) is 0 Å². The molecule has 1 heterocycles. The van der Waals surface area contributed by atoms with Gasteiger partial charge in [-0.3, -0.25) is 9.59 Å². The van der Waals surface area contributed by atoms with E-state index < -0.39 is 17.8 Å². The quantitative estimate of drug-likeness (QED) is 0.894. The van der Waals surface area contributed by atoms with Gasteiger partial charge in [0, 0.05) is 11.8 Å². The number of carboxylic acid groups (broad SMARTS) is 1. The molecule has 1 aromatic carbocycles. The first-order chi connectivity index (χ1) is 11.1. The standard InChI is InChI=1S/C17H19NO5/c19-16(18-11-5-6-12-13(7-11)23-8-22-12)14-9-1-3-10(4-2-9)15(14)17(20)21/h5-7,9-10,14-15H,1-4,8H2,(H,18,19)(H,20,21)/t9?,10?,14-,15-/m0/s1. The monoisotopic (exact) mass is 317 g/mol. The summed E-state index contributed by atoms with van der Waals surface area (Å²) >= 11 is 0. The molecule has 23 heavy (non-hydrogen) atoms. The van der Waals surface area contributed by atoms with Crippen molar-refractivity contribution in [2.45, 2.75) is 25.7 Å². The van der Waals surface area contributed by atoms with Crippen molar-refractivity contribution in [1.82, 2.24) is 0 Å².